The van der Waals surface area contributed by atoms with Crippen LogP contribution >= 0.6 is 11.3 Å². The SMILES string of the molecule is CCc1c(C(=O)Nc2ncc(Cc3cccc(F)c3)s2)cnn1-c1ccccn1. The number of anilines is 1. The van der Waals surface area contributed by atoms with Crippen molar-refractivity contribution >= 4 is 22.4 Å². The third-order valence-electron chi connectivity index (χ3n) is 4.36. The fourth-order valence-electron chi connectivity index (χ4n) is 3.04. The Labute approximate surface area is 171 Å². The van der Waals surface area contributed by atoms with Crippen molar-refractivity contribution in [1.29, 1.82) is 0 Å². The van der Waals surface area contributed by atoms with Crippen LogP contribution in [0.1, 0.15) is 33.4 Å². The molecule has 0 saturated heterocycles. The third kappa shape index (κ3) is 4.22. The molecule has 0 atom stereocenters. The second kappa shape index (κ2) is 8.32. The van der Waals surface area contributed by atoms with Gasteiger partial charge >= 0.3 is 0 Å². The maximum absolute atomic E-state index is 13.3. The van der Waals surface area contributed by atoms with E-state index in [9.17, 15) is 9.18 Å². The number of halogens is 1. The molecule has 29 heavy (non-hydrogen) atoms. The summed E-state index contributed by atoms with van der Waals surface area (Å²) in [6.07, 6.45) is 6.12. The van der Waals surface area contributed by atoms with E-state index in [1.54, 1.807) is 29.3 Å². The molecule has 0 saturated carbocycles. The van der Waals surface area contributed by atoms with E-state index in [-0.39, 0.29) is 11.7 Å². The first-order chi connectivity index (χ1) is 14.1. The average Bonchev–Trinajstić information content (AvgIpc) is 3.35. The van der Waals surface area contributed by atoms with Crippen LogP contribution in [0.5, 0.6) is 0 Å². The highest BCUT2D eigenvalue weighted by molar-refractivity contribution is 7.15. The maximum atomic E-state index is 13.3. The van der Waals surface area contributed by atoms with E-state index in [0.717, 1.165) is 16.1 Å². The van der Waals surface area contributed by atoms with Gasteiger partial charge in [-0.1, -0.05) is 25.1 Å². The van der Waals surface area contributed by atoms with Crippen molar-refractivity contribution in [1.82, 2.24) is 19.7 Å². The van der Waals surface area contributed by atoms with Crippen molar-refractivity contribution < 1.29 is 9.18 Å². The Morgan fingerprint density at radius 1 is 1.17 bits per heavy atom. The van der Waals surface area contributed by atoms with Gasteiger partial charge < -0.3 is 0 Å². The number of rotatable bonds is 6. The summed E-state index contributed by atoms with van der Waals surface area (Å²) < 4.78 is 15.0. The van der Waals surface area contributed by atoms with Gasteiger partial charge in [0.2, 0.25) is 0 Å². The second-order valence-electron chi connectivity index (χ2n) is 6.35. The van der Waals surface area contributed by atoms with Crippen LogP contribution in [-0.4, -0.2) is 25.7 Å². The van der Waals surface area contributed by atoms with Gasteiger partial charge in [0, 0.05) is 23.7 Å². The fraction of sp³-hybridized carbons (Fsp3) is 0.143. The minimum absolute atomic E-state index is 0.266. The summed E-state index contributed by atoms with van der Waals surface area (Å²) in [4.78, 5) is 22.3. The van der Waals surface area contributed by atoms with Crippen molar-refractivity contribution in [3.63, 3.8) is 0 Å². The largest absolute Gasteiger partial charge is 0.298 e. The Balaban J connectivity index is 1.50. The van der Waals surface area contributed by atoms with Gasteiger partial charge in [-0.25, -0.2) is 19.0 Å². The van der Waals surface area contributed by atoms with Crippen LogP contribution in [0.2, 0.25) is 0 Å². The minimum atomic E-state index is -0.268. The number of carbonyl (C=O) groups is 1. The van der Waals surface area contributed by atoms with Crippen molar-refractivity contribution in [3.8, 4) is 5.82 Å². The van der Waals surface area contributed by atoms with Crippen LogP contribution in [0.25, 0.3) is 5.82 Å². The lowest BCUT2D eigenvalue weighted by Gasteiger charge is -2.06. The zero-order valence-electron chi connectivity index (χ0n) is 15.7. The van der Waals surface area contributed by atoms with E-state index in [2.05, 4.69) is 20.4 Å². The molecule has 0 aliphatic rings. The molecular weight excluding hydrogens is 389 g/mol. The molecule has 0 bridgehead atoms. The van der Waals surface area contributed by atoms with Crippen LogP contribution in [0.3, 0.4) is 0 Å². The molecule has 0 radical (unpaired) electrons. The van der Waals surface area contributed by atoms with Gasteiger partial charge in [0.25, 0.3) is 5.91 Å². The molecule has 3 aromatic heterocycles. The van der Waals surface area contributed by atoms with Crippen LogP contribution in [0, 0.1) is 5.82 Å². The fourth-order valence-corrected chi connectivity index (χ4v) is 3.88. The van der Waals surface area contributed by atoms with E-state index < -0.39 is 0 Å². The molecule has 4 rings (SSSR count). The number of benzene rings is 1. The molecule has 1 aromatic carbocycles. The van der Waals surface area contributed by atoms with Crippen molar-refractivity contribution in [2.24, 2.45) is 0 Å². The Hall–Kier alpha value is -3.39. The summed E-state index contributed by atoms with van der Waals surface area (Å²) in [5.41, 5.74) is 2.12. The first kappa shape index (κ1) is 18.9. The zero-order chi connectivity index (χ0) is 20.2. The Bertz CT molecular complexity index is 1140. The van der Waals surface area contributed by atoms with Crippen molar-refractivity contribution in [2.75, 3.05) is 5.32 Å². The molecule has 0 aliphatic carbocycles. The molecule has 0 unspecified atom stereocenters. The summed E-state index contributed by atoms with van der Waals surface area (Å²) in [6.45, 7) is 1.97. The highest BCUT2D eigenvalue weighted by Crippen LogP contribution is 2.23. The molecule has 8 heteroatoms. The van der Waals surface area contributed by atoms with E-state index in [4.69, 9.17) is 0 Å². The predicted molar refractivity (Wildman–Crippen MR) is 110 cm³/mol. The molecule has 1 N–H and O–H groups in total. The quantitative estimate of drug-likeness (QED) is 0.518. The van der Waals surface area contributed by atoms with Crippen LogP contribution in [0.4, 0.5) is 9.52 Å². The standard InChI is InChI=1S/C21H18FN5OS/c1-2-18-17(13-25-27(18)19-8-3-4-9-23-19)20(28)26-21-24-12-16(29-21)11-14-6-5-7-15(22)10-14/h3-10,12-13H,2,11H2,1H3,(H,24,26,28). The molecule has 4 aromatic rings. The third-order valence-corrected chi connectivity index (χ3v) is 5.27. The molecule has 0 aliphatic heterocycles. The van der Waals surface area contributed by atoms with Gasteiger partial charge in [-0.05, 0) is 36.2 Å². The number of aromatic nitrogens is 4. The van der Waals surface area contributed by atoms with Crippen LogP contribution in [-0.2, 0) is 12.8 Å². The van der Waals surface area contributed by atoms with Gasteiger partial charge in [0.05, 0.1) is 17.5 Å². The molecule has 1 amide bonds. The lowest BCUT2D eigenvalue weighted by atomic mass is 10.1. The van der Waals surface area contributed by atoms with Gasteiger partial charge in [-0.15, -0.1) is 11.3 Å². The number of hydrogen-bond acceptors (Lipinski definition) is 5. The number of hydrogen-bond donors (Lipinski definition) is 1. The Morgan fingerprint density at radius 2 is 2.07 bits per heavy atom. The molecule has 0 spiro atoms. The summed E-state index contributed by atoms with van der Waals surface area (Å²) in [5.74, 6) is 0.128. The number of carbonyl (C=O) groups excluding carboxylic acids is 1. The van der Waals surface area contributed by atoms with E-state index in [1.165, 1.54) is 23.5 Å². The smallest absolute Gasteiger partial charge is 0.260 e. The second-order valence-corrected chi connectivity index (χ2v) is 7.47. The minimum Gasteiger partial charge on any atom is -0.298 e. The molecular formula is C21H18FN5OS. The van der Waals surface area contributed by atoms with Gasteiger partial charge in [0.1, 0.15) is 5.82 Å². The normalized spacial score (nSPS) is 10.8. The summed E-state index contributed by atoms with van der Waals surface area (Å²) in [5, 5.41) is 7.66. The summed E-state index contributed by atoms with van der Waals surface area (Å²) in [6, 6.07) is 12.0. The Morgan fingerprint density at radius 3 is 2.83 bits per heavy atom. The number of pyridine rings is 1. The van der Waals surface area contributed by atoms with E-state index >= 15 is 0 Å². The molecule has 146 valence electrons. The van der Waals surface area contributed by atoms with Gasteiger partial charge in [-0.3, -0.25) is 10.1 Å². The first-order valence-electron chi connectivity index (χ1n) is 9.13. The highest BCUT2D eigenvalue weighted by atomic mass is 32.1. The number of amides is 1. The lowest BCUT2D eigenvalue weighted by molar-refractivity contribution is 0.102. The summed E-state index contributed by atoms with van der Waals surface area (Å²) in [7, 11) is 0. The monoisotopic (exact) mass is 407 g/mol. The highest BCUT2D eigenvalue weighted by Gasteiger charge is 2.18. The first-order valence-corrected chi connectivity index (χ1v) is 9.94. The van der Waals surface area contributed by atoms with Gasteiger partial charge in [0.15, 0.2) is 10.9 Å². The van der Waals surface area contributed by atoms with Crippen LogP contribution < -0.4 is 5.32 Å². The van der Waals surface area contributed by atoms with Crippen molar-refractivity contribution in [3.05, 3.63) is 88.6 Å². The molecule has 6 nitrogen and oxygen atoms in total. The van der Waals surface area contributed by atoms with E-state index in [0.29, 0.717) is 29.4 Å². The lowest BCUT2D eigenvalue weighted by Crippen LogP contribution is -2.14. The number of nitrogens with one attached hydrogen (secondary N) is 1. The maximum Gasteiger partial charge on any atom is 0.260 e. The number of thiazole rings is 1. The van der Waals surface area contributed by atoms with Crippen LogP contribution in [0.15, 0.2) is 61.1 Å². The van der Waals surface area contributed by atoms with Crippen molar-refractivity contribution in [2.45, 2.75) is 19.8 Å². The Kier molecular flexibility index (Phi) is 5.44. The summed E-state index contributed by atoms with van der Waals surface area (Å²) >= 11 is 1.37. The van der Waals surface area contributed by atoms with Gasteiger partial charge in [-0.2, -0.15) is 5.10 Å². The zero-order valence-corrected chi connectivity index (χ0v) is 16.5. The average molecular weight is 407 g/mol. The number of nitrogens with zero attached hydrogens (tertiary/aromatic N) is 4. The van der Waals surface area contributed by atoms with E-state index in [1.807, 2.05) is 31.2 Å². The molecule has 3 heterocycles. The molecule has 0 fully saturated rings. The topological polar surface area (TPSA) is 72.7 Å². The predicted octanol–water partition coefficient (Wildman–Crippen LogP) is 4.27.